The van der Waals surface area contributed by atoms with Crippen molar-refractivity contribution in [1.29, 1.82) is 0 Å². The number of nitrogens with zero attached hydrogens (tertiary/aromatic N) is 3. The molecule has 22 heavy (non-hydrogen) atoms. The van der Waals surface area contributed by atoms with Gasteiger partial charge in [0.15, 0.2) is 0 Å². The van der Waals surface area contributed by atoms with E-state index < -0.39 is 0 Å². The van der Waals surface area contributed by atoms with Gasteiger partial charge in [0.05, 0.1) is 24.1 Å². The molecule has 1 aromatic carbocycles. The zero-order chi connectivity index (χ0) is 15.4. The van der Waals surface area contributed by atoms with E-state index in [4.69, 9.17) is 4.74 Å². The fourth-order valence-corrected chi connectivity index (χ4v) is 2.54. The molecule has 116 valence electrons. The lowest BCUT2D eigenvalue weighted by Gasteiger charge is -2.32. The summed E-state index contributed by atoms with van der Waals surface area (Å²) in [6.07, 6.45) is 4.60. The number of hydrogen-bond acceptors (Lipinski definition) is 3. The number of anilines is 1. The fourth-order valence-electron chi connectivity index (χ4n) is 2.54. The Morgan fingerprint density at radius 3 is 3.05 bits per heavy atom. The summed E-state index contributed by atoms with van der Waals surface area (Å²) in [4.78, 5) is 14.3. The molecular formula is C16H20N4O2. The van der Waals surface area contributed by atoms with E-state index >= 15 is 0 Å². The summed E-state index contributed by atoms with van der Waals surface area (Å²) in [5.74, 6) is 0. The van der Waals surface area contributed by atoms with Crippen LogP contribution < -0.4 is 5.32 Å². The Kier molecular flexibility index (Phi) is 4.39. The van der Waals surface area contributed by atoms with E-state index in [-0.39, 0.29) is 12.1 Å². The monoisotopic (exact) mass is 300 g/mol. The number of amides is 2. The maximum Gasteiger partial charge on any atom is 0.322 e. The molecule has 0 aliphatic carbocycles. The number of morpholine rings is 1. The largest absolute Gasteiger partial charge is 0.375 e. The van der Waals surface area contributed by atoms with Gasteiger partial charge in [0.2, 0.25) is 0 Å². The van der Waals surface area contributed by atoms with Gasteiger partial charge in [-0.15, -0.1) is 0 Å². The van der Waals surface area contributed by atoms with Crippen molar-refractivity contribution in [1.82, 2.24) is 14.7 Å². The average molecular weight is 300 g/mol. The minimum absolute atomic E-state index is 0.0960. The second-order valence-corrected chi connectivity index (χ2v) is 5.24. The Balaban J connectivity index is 1.74. The van der Waals surface area contributed by atoms with Crippen molar-refractivity contribution in [2.24, 2.45) is 0 Å². The van der Waals surface area contributed by atoms with Gasteiger partial charge in [-0.3, -0.25) is 0 Å². The highest BCUT2D eigenvalue weighted by Crippen LogP contribution is 2.20. The summed E-state index contributed by atoms with van der Waals surface area (Å²) >= 11 is 0. The highest BCUT2D eigenvalue weighted by molar-refractivity contribution is 5.91. The van der Waals surface area contributed by atoms with Gasteiger partial charge >= 0.3 is 6.03 Å². The third-order valence-corrected chi connectivity index (χ3v) is 3.78. The van der Waals surface area contributed by atoms with E-state index in [0.29, 0.717) is 19.7 Å². The molecule has 1 aliphatic rings. The van der Waals surface area contributed by atoms with Crippen molar-refractivity contribution in [3.63, 3.8) is 0 Å². The summed E-state index contributed by atoms with van der Waals surface area (Å²) in [5.41, 5.74) is 1.59. The number of urea groups is 1. The van der Waals surface area contributed by atoms with Gasteiger partial charge < -0.3 is 15.0 Å². The Morgan fingerprint density at radius 2 is 2.27 bits per heavy atom. The first-order valence-corrected chi connectivity index (χ1v) is 7.54. The van der Waals surface area contributed by atoms with Crippen molar-refractivity contribution in [3.05, 3.63) is 42.7 Å². The third-order valence-electron chi connectivity index (χ3n) is 3.78. The van der Waals surface area contributed by atoms with Crippen LogP contribution in [0.25, 0.3) is 5.69 Å². The van der Waals surface area contributed by atoms with Crippen molar-refractivity contribution in [2.75, 3.05) is 25.0 Å². The SMILES string of the molecule is CCC1CN(C(=O)Nc2ccccc2-n2cccn2)CCO1. The Labute approximate surface area is 129 Å². The molecule has 1 unspecified atom stereocenters. The molecule has 2 amide bonds. The summed E-state index contributed by atoms with van der Waals surface area (Å²) in [6, 6.07) is 9.39. The van der Waals surface area contributed by atoms with Crippen LogP contribution in [0.15, 0.2) is 42.7 Å². The second-order valence-electron chi connectivity index (χ2n) is 5.24. The number of aromatic nitrogens is 2. The molecule has 1 fully saturated rings. The first-order valence-electron chi connectivity index (χ1n) is 7.54. The van der Waals surface area contributed by atoms with Crippen LogP contribution in [0.3, 0.4) is 0 Å². The molecule has 2 heterocycles. The van der Waals surface area contributed by atoms with Crippen molar-refractivity contribution in [3.8, 4) is 5.69 Å². The number of carbonyl (C=O) groups excluding carboxylic acids is 1. The van der Waals surface area contributed by atoms with Crippen LogP contribution >= 0.6 is 0 Å². The van der Waals surface area contributed by atoms with E-state index in [9.17, 15) is 4.79 Å². The maximum absolute atomic E-state index is 12.5. The molecular weight excluding hydrogens is 280 g/mol. The van der Waals surface area contributed by atoms with E-state index in [2.05, 4.69) is 17.3 Å². The van der Waals surface area contributed by atoms with Crippen molar-refractivity contribution in [2.45, 2.75) is 19.4 Å². The lowest BCUT2D eigenvalue weighted by Crippen LogP contribution is -2.47. The third kappa shape index (κ3) is 3.12. The highest BCUT2D eigenvalue weighted by atomic mass is 16.5. The Hall–Kier alpha value is -2.34. The van der Waals surface area contributed by atoms with Gasteiger partial charge in [-0.25, -0.2) is 9.48 Å². The molecule has 0 bridgehead atoms. The van der Waals surface area contributed by atoms with Crippen LogP contribution in [0, 0.1) is 0 Å². The molecule has 1 aliphatic heterocycles. The normalized spacial score (nSPS) is 18.2. The van der Waals surface area contributed by atoms with E-state index in [1.807, 2.05) is 36.5 Å². The van der Waals surface area contributed by atoms with Crippen LogP contribution in [0.1, 0.15) is 13.3 Å². The van der Waals surface area contributed by atoms with Gasteiger partial charge in [0, 0.05) is 25.5 Å². The topological polar surface area (TPSA) is 59.4 Å². The molecule has 0 radical (unpaired) electrons. The average Bonchev–Trinajstić information content (AvgIpc) is 3.09. The molecule has 1 aromatic heterocycles. The molecule has 1 N–H and O–H groups in total. The quantitative estimate of drug-likeness (QED) is 0.947. The predicted octanol–water partition coefficient (Wildman–Crippen LogP) is 2.52. The molecule has 1 saturated heterocycles. The van der Waals surface area contributed by atoms with Crippen molar-refractivity contribution < 1.29 is 9.53 Å². The Morgan fingerprint density at radius 1 is 1.41 bits per heavy atom. The first-order chi connectivity index (χ1) is 10.8. The fraction of sp³-hybridized carbons (Fsp3) is 0.375. The van der Waals surface area contributed by atoms with Gasteiger partial charge in [-0.05, 0) is 24.6 Å². The summed E-state index contributed by atoms with van der Waals surface area (Å²) < 4.78 is 7.34. The number of benzene rings is 1. The summed E-state index contributed by atoms with van der Waals surface area (Å²) in [5, 5.41) is 7.21. The standard InChI is InChI=1S/C16H20N4O2/c1-2-13-12-19(10-11-22-13)16(21)18-14-6-3-4-7-15(14)20-9-5-8-17-20/h3-9,13H,2,10-12H2,1H3,(H,18,21). The maximum atomic E-state index is 12.5. The number of ether oxygens (including phenoxy) is 1. The second kappa shape index (κ2) is 6.62. The van der Waals surface area contributed by atoms with Gasteiger partial charge in [-0.2, -0.15) is 5.10 Å². The molecule has 6 heteroatoms. The molecule has 0 spiro atoms. The molecule has 1 atom stereocenters. The van der Waals surface area contributed by atoms with Crippen LogP contribution in [-0.4, -0.2) is 46.5 Å². The molecule has 6 nitrogen and oxygen atoms in total. The number of carbonyl (C=O) groups is 1. The molecule has 0 saturated carbocycles. The van der Waals surface area contributed by atoms with Crippen LogP contribution in [0.2, 0.25) is 0 Å². The molecule has 3 rings (SSSR count). The zero-order valence-corrected chi connectivity index (χ0v) is 12.6. The van der Waals surface area contributed by atoms with E-state index in [0.717, 1.165) is 17.8 Å². The highest BCUT2D eigenvalue weighted by Gasteiger charge is 2.23. The number of hydrogen-bond donors (Lipinski definition) is 1. The van der Waals surface area contributed by atoms with Gasteiger partial charge in [-0.1, -0.05) is 19.1 Å². The lowest BCUT2D eigenvalue weighted by atomic mass is 10.2. The zero-order valence-electron chi connectivity index (χ0n) is 12.6. The summed E-state index contributed by atoms with van der Waals surface area (Å²) in [7, 11) is 0. The van der Waals surface area contributed by atoms with E-state index in [1.54, 1.807) is 15.8 Å². The smallest absolute Gasteiger partial charge is 0.322 e. The van der Waals surface area contributed by atoms with E-state index in [1.165, 1.54) is 0 Å². The van der Waals surface area contributed by atoms with Crippen LogP contribution in [-0.2, 0) is 4.74 Å². The minimum Gasteiger partial charge on any atom is -0.375 e. The first kappa shape index (κ1) is 14.6. The summed E-state index contributed by atoms with van der Waals surface area (Å²) in [6.45, 7) is 3.91. The Bertz CT molecular complexity index is 627. The minimum atomic E-state index is -0.0960. The number of para-hydroxylation sites is 2. The van der Waals surface area contributed by atoms with Crippen LogP contribution in [0.5, 0.6) is 0 Å². The number of nitrogens with one attached hydrogen (secondary N) is 1. The molecule has 2 aromatic rings. The predicted molar refractivity (Wildman–Crippen MR) is 84.2 cm³/mol. The lowest BCUT2D eigenvalue weighted by molar-refractivity contribution is -0.0134. The van der Waals surface area contributed by atoms with Crippen molar-refractivity contribution >= 4 is 11.7 Å². The number of rotatable bonds is 3. The van der Waals surface area contributed by atoms with Crippen LogP contribution in [0.4, 0.5) is 10.5 Å². The van der Waals surface area contributed by atoms with Gasteiger partial charge in [0.25, 0.3) is 0 Å². The van der Waals surface area contributed by atoms with Gasteiger partial charge in [0.1, 0.15) is 0 Å².